The van der Waals surface area contributed by atoms with Gasteiger partial charge in [0.05, 0.1) is 0 Å². The number of amides is 1. The molecule has 0 aromatic carbocycles. The molecule has 2 aromatic heterocycles. The van der Waals surface area contributed by atoms with Crippen molar-refractivity contribution in [1.82, 2.24) is 9.88 Å². The van der Waals surface area contributed by atoms with Crippen LogP contribution in [-0.4, -0.2) is 22.3 Å². The molecule has 1 amide bonds. The molecule has 0 N–H and O–H groups in total. The number of unbranched alkanes of at least 4 members (excludes halogenated alkanes) is 1. The van der Waals surface area contributed by atoms with E-state index < -0.39 is 0 Å². The first-order valence-corrected chi connectivity index (χ1v) is 8.47. The molecule has 1 aliphatic rings. The fourth-order valence-corrected chi connectivity index (χ4v) is 3.06. The summed E-state index contributed by atoms with van der Waals surface area (Å²) in [7, 11) is 0. The van der Waals surface area contributed by atoms with E-state index in [1.54, 1.807) is 11.3 Å². The number of hydrogen-bond acceptors (Lipinski definition) is 4. The van der Waals surface area contributed by atoms with E-state index in [1.165, 1.54) is 12.0 Å². The highest BCUT2D eigenvalue weighted by Gasteiger charge is 2.33. The number of carbonyl (C=O) groups excluding carboxylic acids is 1. The summed E-state index contributed by atoms with van der Waals surface area (Å²) in [6.45, 7) is 3.56. The first-order chi connectivity index (χ1) is 10.3. The van der Waals surface area contributed by atoms with Crippen molar-refractivity contribution in [1.29, 1.82) is 0 Å². The van der Waals surface area contributed by atoms with Crippen LogP contribution in [0.2, 0.25) is 0 Å². The molecule has 0 unspecified atom stereocenters. The largest absolute Gasteiger partial charge is 0.447 e. The van der Waals surface area contributed by atoms with E-state index in [2.05, 4.69) is 23.4 Å². The van der Waals surface area contributed by atoms with Crippen molar-refractivity contribution in [2.75, 3.05) is 6.54 Å². The Hall–Kier alpha value is -1.62. The van der Waals surface area contributed by atoms with Gasteiger partial charge in [-0.3, -0.25) is 4.79 Å². The van der Waals surface area contributed by atoms with Gasteiger partial charge in [-0.1, -0.05) is 13.3 Å². The normalized spacial score (nSPS) is 14.3. The summed E-state index contributed by atoms with van der Waals surface area (Å²) in [6.07, 6.45) is 5.70. The molecule has 0 atom stereocenters. The van der Waals surface area contributed by atoms with Crippen LogP contribution >= 0.6 is 11.3 Å². The lowest BCUT2D eigenvalue weighted by atomic mass is 10.2. The van der Waals surface area contributed by atoms with Gasteiger partial charge in [-0.2, -0.15) is 11.3 Å². The van der Waals surface area contributed by atoms with Gasteiger partial charge in [0.25, 0.3) is 5.91 Å². The second-order valence-corrected chi connectivity index (χ2v) is 6.33. The lowest BCUT2D eigenvalue weighted by molar-refractivity contribution is 0.0733. The van der Waals surface area contributed by atoms with Crippen LogP contribution in [0.25, 0.3) is 0 Å². The SMILES string of the molecule is CCCCN(Cc1ccsc1)C(=O)c1ncoc1C1CC1. The molecule has 0 bridgehead atoms. The fourth-order valence-electron chi connectivity index (χ4n) is 2.41. The summed E-state index contributed by atoms with van der Waals surface area (Å²) in [4.78, 5) is 18.9. The minimum Gasteiger partial charge on any atom is -0.447 e. The van der Waals surface area contributed by atoms with Gasteiger partial charge < -0.3 is 9.32 Å². The lowest BCUT2D eigenvalue weighted by Gasteiger charge is -2.21. The van der Waals surface area contributed by atoms with Crippen LogP contribution in [0, 0.1) is 0 Å². The molecule has 1 saturated carbocycles. The smallest absolute Gasteiger partial charge is 0.276 e. The van der Waals surface area contributed by atoms with Crippen molar-refractivity contribution in [2.24, 2.45) is 0 Å². The Bertz CT molecular complexity index is 587. The zero-order valence-corrected chi connectivity index (χ0v) is 13.1. The minimum atomic E-state index is 0.00491. The minimum absolute atomic E-state index is 0.00491. The van der Waals surface area contributed by atoms with Crippen molar-refractivity contribution < 1.29 is 9.21 Å². The molecule has 0 aliphatic heterocycles. The van der Waals surface area contributed by atoms with E-state index >= 15 is 0 Å². The molecule has 4 nitrogen and oxygen atoms in total. The van der Waals surface area contributed by atoms with Crippen molar-refractivity contribution in [3.8, 4) is 0 Å². The number of nitrogens with zero attached hydrogens (tertiary/aromatic N) is 2. The van der Waals surface area contributed by atoms with Gasteiger partial charge in [0.1, 0.15) is 5.76 Å². The van der Waals surface area contributed by atoms with E-state index in [0.717, 1.165) is 38.0 Å². The molecule has 1 aliphatic carbocycles. The Kier molecular flexibility index (Phi) is 4.39. The summed E-state index contributed by atoms with van der Waals surface area (Å²) in [5, 5.41) is 4.14. The molecule has 3 rings (SSSR count). The van der Waals surface area contributed by atoms with E-state index in [-0.39, 0.29) is 5.91 Å². The van der Waals surface area contributed by atoms with Gasteiger partial charge in [-0.15, -0.1) is 0 Å². The van der Waals surface area contributed by atoms with Crippen LogP contribution in [0.15, 0.2) is 27.6 Å². The molecule has 2 aromatic rings. The molecule has 112 valence electrons. The second kappa shape index (κ2) is 6.43. The molecule has 0 spiro atoms. The molecule has 5 heteroatoms. The molecule has 0 radical (unpaired) electrons. The highest BCUT2D eigenvalue weighted by molar-refractivity contribution is 7.07. The molecule has 0 saturated heterocycles. The summed E-state index contributed by atoms with van der Waals surface area (Å²) in [5.74, 6) is 1.19. The monoisotopic (exact) mass is 304 g/mol. The van der Waals surface area contributed by atoms with Crippen LogP contribution < -0.4 is 0 Å². The highest BCUT2D eigenvalue weighted by Crippen LogP contribution is 2.41. The first kappa shape index (κ1) is 14.3. The third kappa shape index (κ3) is 3.35. The Morgan fingerprint density at radius 1 is 1.52 bits per heavy atom. The number of aromatic nitrogens is 1. The van der Waals surface area contributed by atoms with Gasteiger partial charge in [-0.05, 0) is 41.7 Å². The third-order valence-corrected chi connectivity index (χ3v) is 4.50. The Labute approximate surface area is 128 Å². The Morgan fingerprint density at radius 3 is 3.05 bits per heavy atom. The average molecular weight is 304 g/mol. The highest BCUT2D eigenvalue weighted by atomic mass is 32.1. The van der Waals surface area contributed by atoms with Crippen LogP contribution in [0.3, 0.4) is 0 Å². The topological polar surface area (TPSA) is 46.3 Å². The quantitative estimate of drug-likeness (QED) is 0.775. The summed E-state index contributed by atoms with van der Waals surface area (Å²) in [5.41, 5.74) is 1.70. The van der Waals surface area contributed by atoms with Gasteiger partial charge in [-0.25, -0.2) is 4.98 Å². The van der Waals surface area contributed by atoms with E-state index in [0.29, 0.717) is 18.2 Å². The standard InChI is InChI=1S/C16H20N2O2S/c1-2-3-7-18(9-12-6-8-21-10-12)16(19)14-15(13-4-5-13)20-11-17-14/h6,8,10-11,13H,2-5,7,9H2,1H3. The zero-order chi connectivity index (χ0) is 14.7. The maximum atomic E-state index is 12.8. The summed E-state index contributed by atoms with van der Waals surface area (Å²) >= 11 is 1.66. The van der Waals surface area contributed by atoms with Crippen LogP contribution in [-0.2, 0) is 6.54 Å². The van der Waals surface area contributed by atoms with E-state index in [4.69, 9.17) is 4.42 Å². The van der Waals surface area contributed by atoms with Gasteiger partial charge in [0, 0.05) is 19.0 Å². The fraction of sp³-hybridized carbons (Fsp3) is 0.500. The Morgan fingerprint density at radius 2 is 2.38 bits per heavy atom. The number of oxazole rings is 1. The predicted molar refractivity (Wildman–Crippen MR) is 82.4 cm³/mol. The van der Waals surface area contributed by atoms with Crippen LogP contribution in [0.5, 0.6) is 0 Å². The van der Waals surface area contributed by atoms with Crippen molar-refractivity contribution in [2.45, 2.75) is 45.1 Å². The van der Waals surface area contributed by atoms with Crippen LogP contribution in [0.4, 0.5) is 0 Å². The molecule has 1 fully saturated rings. The maximum absolute atomic E-state index is 12.8. The van der Waals surface area contributed by atoms with Crippen molar-refractivity contribution in [3.63, 3.8) is 0 Å². The first-order valence-electron chi connectivity index (χ1n) is 7.53. The second-order valence-electron chi connectivity index (χ2n) is 5.55. The van der Waals surface area contributed by atoms with E-state index in [9.17, 15) is 4.79 Å². The predicted octanol–water partition coefficient (Wildman–Crippen LogP) is 4.06. The maximum Gasteiger partial charge on any atom is 0.276 e. The average Bonchev–Trinajstić information content (AvgIpc) is 3.02. The molecular formula is C16H20N2O2S. The zero-order valence-electron chi connectivity index (χ0n) is 12.2. The number of carbonyl (C=O) groups is 1. The summed E-state index contributed by atoms with van der Waals surface area (Å²) < 4.78 is 5.44. The number of hydrogen-bond donors (Lipinski definition) is 0. The molecule has 21 heavy (non-hydrogen) atoms. The third-order valence-electron chi connectivity index (χ3n) is 3.77. The van der Waals surface area contributed by atoms with Crippen LogP contribution in [0.1, 0.15) is 60.3 Å². The number of rotatable bonds is 7. The van der Waals surface area contributed by atoms with Gasteiger partial charge in [0.2, 0.25) is 0 Å². The van der Waals surface area contributed by atoms with Gasteiger partial charge in [0.15, 0.2) is 12.1 Å². The van der Waals surface area contributed by atoms with Gasteiger partial charge >= 0.3 is 0 Å². The molecule has 2 heterocycles. The Balaban J connectivity index is 1.77. The number of thiophene rings is 1. The summed E-state index contributed by atoms with van der Waals surface area (Å²) in [6, 6.07) is 2.07. The van der Waals surface area contributed by atoms with Crippen molar-refractivity contribution in [3.05, 3.63) is 40.2 Å². The van der Waals surface area contributed by atoms with Crippen molar-refractivity contribution >= 4 is 17.2 Å². The lowest BCUT2D eigenvalue weighted by Crippen LogP contribution is -2.32. The molecular weight excluding hydrogens is 284 g/mol. The van der Waals surface area contributed by atoms with E-state index in [1.807, 2.05) is 10.3 Å².